The molecule has 0 saturated heterocycles. The van der Waals surface area contributed by atoms with Gasteiger partial charge in [-0.1, -0.05) is 34.3 Å². The predicted molar refractivity (Wildman–Crippen MR) is 62.6 cm³/mol. The van der Waals surface area contributed by atoms with Crippen LogP contribution in [-0.4, -0.2) is 17.1 Å². The summed E-state index contributed by atoms with van der Waals surface area (Å²) >= 11 is 0. The highest BCUT2D eigenvalue weighted by atomic mass is 16.4. The van der Waals surface area contributed by atoms with Gasteiger partial charge in [0.05, 0.1) is 0 Å². The van der Waals surface area contributed by atoms with Crippen LogP contribution in [0, 0.1) is 11.8 Å². The fourth-order valence-corrected chi connectivity index (χ4v) is 1.49. The Morgan fingerprint density at radius 3 is 2.13 bits per heavy atom. The van der Waals surface area contributed by atoms with Crippen molar-refractivity contribution in [2.45, 2.75) is 46.6 Å². The van der Waals surface area contributed by atoms with Crippen LogP contribution in [0.5, 0.6) is 0 Å². The fraction of sp³-hybridized carbons (Fsp3) is 0.750. The van der Waals surface area contributed by atoms with E-state index >= 15 is 0 Å². The first-order chi connectivity index (χ1) is 6.82. The summed E-state index contributed by atoms with van der Waals surface area (Å²) in [6.07, 6.45) is 1.45. The van der Waals surface area contributed by atoms with Crippen LogP contribution >= 0.6 is 0 Å². The van der Waals surface area contributed by atoms with Gasteiger partial charge in [-0.2, -0.15) is 0 Å². The molecule has 0 aliphatic carbocycles. The lowest BCUT2D eigenvalue weighted by molar-refractivity contribution is -0.139. The van der Waals surface area contributed by atoms with Crippen molar-refractivity contribution in [1.82, 2.24) is 5.32 Å². The SMILES string of the molecule is C=C(CC(C)C)NC(CC(C)C)C(=O)O. The van der Waals surface area contributed by atoms with Crippen molar-refractivity contribution in [1.29, 1.82) is 0 Å². The van der Waals surface area contributed by atoms with Gasteiger partial charge in [0.1, 0.15) is 6.04 Å². The van der Waals surface area contributed by atoms with Crippen LogP contribution < -0.4 is 5.32 Å². The molecule has 0 spiro atoms. The summed E-state index contributed by atoms with van der Waals surface area (Å²) in [4.78, 5) is 11.0. The van der Waals surface area contributed by atoms with Crippen molar-refractivity contribution in [2.75, 3.05) is 0 Å². The van der Waals surface area contributed by atoms with E-state index in [1.807, 2.05) is 13.8 Å². The van der Waals surface area contributed by atoms with E-state index in [0.717, 1.165) is 12.1 Å². The maximum atomic E-state index is 11.0. The normalized spacial score (nSPS) is 12.9. The van der Waals surface area contributed by atoms with Crippen LogP contribution in [0.25, 0.3) is 0 Å². The molecule has 0 aliphatic rings. The summed E-state index contributed by atoms with van der Waals surface area (Å²) in [5.74, 6) is 0.0672. The van der Waals surface area contributed by atoms with Crippen molar-refractivity contribution < 1.29 is 9.90 Å². The molecule has 0 rings (SSSR count). The maximum Gasteiger partial charge on any atom is 0.326 e. The van der Waals surface area contributed by atoms with E-state index in [9.17, 15) is 4.79 Å². The minimum atomic E-state index is -0.798. The van der Waals surface area contributed by atoms with Crippen molar-refractivity contribution in [3.63, 3.8) is 0 Å². The molecular weight excluding hydrogens is 190 g/mol. The molecule has 0 saturated carbocycles. The van der Waals surface area contributed by atoms with E-state index in [1.165, 1.54) is 0 Å². The molecule has 0 aromatic rings. The lowest BCUT2D eigenvalue weighted by atomic mass is 10.0. The van der Waals surface area contributed by atoms with Crippen LogP contribution in [0.3, 0.4) is 0 Å². The zero-order valence-electron chi connectivity index (χ0n) is 10.2. The molecule has 3 heteroatoms. The molecule has 0 radical (unpaired) electrons. The number of carbonyl (C=O) groups is 1. The molecular formula is C12H23NO2. The van der Waals surface area contributed by atoms with Gasteiger partial charge in [0.2, 0.25) is 0 Å². The van der Waals surface area contributed by atoms with E-state index < -0.39 is 12.0 Å². The van der Waals surface area contributed by atoms with Crippen LogP contribution in [0.1, 0.15) is 40.5 Å². The quantitative estimate of drug-likeness (QED) is 0.683. The molecule has 0 fully saturated rings. The Balaban J connectivity index is 4.16. The zero-order valence-corrected chi connectivity index (χ0v) is 10.2. The number of hydrogen-bond acceptors (Lipinski definition) is 2. The lowest BCUT2D eigenvalue weighted by Crippen LogP contribution is -2.37. The van der Waals surface area contributed by atoms with Crippen LogP contribution in [0.15, 0.2) is 12.3 Å². The van der Waals surface area contributed by atoms with Crippen LogP contribution in [-0.2, 0) is 4.79 Å². The fourth-order valence-electron chi connectivity index (χ4n) is 1.49. The number of allylic oxidation sites excluding steroid dienone is 1. The Kier molecular flexibility index (Phi) is 6.06. The number of hydrogen-bond donors (Lipinski definition) is 2. The predicted octanol–water partition coefficient (Wildman–Crippen LogP) is 2.64. The van der Waals surface area contributed by atoms with E-state index in [0.29, 0.717) is 18.3 Å². The third kappa shape index (κ3) is 7.00. The van der Waals surface area contributed by atoms with Gasteiger partial charge >= 0.3 is 5.97 Å². The average Bonchev–Trinajstić information content (AvgIpc) is 1.99. The van der Waals surface area contributed by atoms with Crippen molar-refractivity contribution >= 4 is 5.97 Å². The molecule has 0 aliphatic heterocycles. The second-order valence-electron chi connectivity index (χ2n) is 4.87. The monoisotopic (exact) mass is 213 g/mol. The minimum absolute atomic E-state index is 0.366. The Morgan fingerprint density at radius 2 is 1.80 bits per heavy atom. The smallest absolute Gasteiger partial charge is 0.326 e. The summed E-state index contributed by atoms with van der Waals surface area (Å²) in [7, 11) is 0. The Morgan fingerprint density at radius 1 is 1.27 bits per heavy atom. The first-order valence-electron chi connectivity index (χ1n) is 5.50. The highest BCUT2D eigenvalue weighted by Crippen LogP contribution is 2.10. The molecule has 0 bridgehead atoms. The Labute approximate surface area is 92.6 Å². The molecule has 3 nitrogen and oxygen atoms in total. The molecule has 0 aromatic heterocycles. The van der Waals surface area contributed by atoms with E-state index in [4.69, 9.17) is 5.11 Å². The van der Waals surface area contributed by atoms with Gasteiger partial charge in [-0.25, -0.2) is 4.79 Å². The lowest BCUT2D eigenvalue weighted by Gasteiger charge is -2.20. The number of carboxylic acid groups (broad SMARTS) is 1. The van der Waals surface area contributed by atoms with Gasteiger partial charge in [0, 0.05) is 5.70 Å². The zero-order chi connectivity index (χ0) is 12.0. The van der Waals surface area contributed by atoms with Gasteiger partial charge in [0.25, 0.3) is 0 Å². The van der Waals surface area contributed by atoms with E-state index in [-0.39, 0.29) is 0 Å². The number of aliphatic carboxylic acids is 1. The molecule has 2 N–H and O–H groups in total. The van der Waals surface area contributed by atoms with Gasteiger partial charge in [0.15, 0.2) is 0 Å². The van der Waals surface area contributed by atoms with Crippen molar-refractivity contribution in [3.8, 4) is 0 Å². The minimum Gasteiger partial charge on any atom is -0.480 e. The van der Waals surface area contributed by atoms with E-state index in [1.54, 1.807) is 0 Å². The van der Waals surface area contributed by atoms with Gasteiger partial charge in [-0.05, 0) is 24.7 Å². The first kappa shape index (κ1) is 14.0. The molecule has 88 valence electrons. The summed E-state index contributed by atoms with van der Waals surface area (Å²) < 4.78 is 0. The second-order valence-corrected chi connectivity index (χ2v) is 4.87. The van der Waals surface area contributed by atoms with Crippen LogP contribution in [0.4, 0.5) is 0 Å². The van der Waals surface area contributed by atoms with Crippen molar-refractivity contribution in [2.24, 2.45) is 11.8 Å². The second kappa shape index (κ2) is 6.49. The summed E-state index contributed by atoms with van der Waals surface area (Å²) in [6.45, 7) is 12.1. The molecule has 0 aromatic carbocycles. The maximum absolute atomic E-state index is 11.0. The largest absolute Gasteiger partial charge is 0.480 e. The van der Waals surface area contributed by atoms with Gasteiger partial charge in [-0.3, -0.25) is 0 Å². The topological polar surface area (TPSA) is 49.3 Å². The summed E-state index contributed by atoms with van der Waals surface area (Å²) in [5.41, 5.74) is 0.818. The van der Waals surface area contributed by atoms with Crippen molar-refractivity contribution in [3.05, 3.63) is 12.3 Å². The standard InChI is InChI=1S/C12H23NO2/c1-8(2)6-10(5)13-11(12(14)15)7-9(3)4/h8-9,11,13H,5-7H2,1-4H3,(H,14,15). The third-order valence-corrected chi connectivity index (χ3v) is 2.04. The Bertz CT molecular complexity index is 222. The van der Waals surface area contributed by atoms with Gasteiger partial charge in [-0.15, -0.1) is 0 Å². The number of carboxylic acids is 1. The first-order valence-corrected chi connectivity index (χ1v) is 5.50. The molecule has 1 atom stereocenters. The molecule has 0 heterocycles. The summed E-state index contributed by atoms with van der Waals surface area (Å²) in [5, 5.41) is 12.0. The average molecular weight is 213 g/mol. The van der Waals surface area contributed by atoms with Gasteiger partial charge < -0.3 is 10.4 Å². The molecule has 0 amide bonds. The third-order valence-electron chi connectivity index (χ3n) is 2.04. The highest BCUT2D eigenvalue weighted by Gasteiger charge is 2.18. The van der Waals surface area contributed by atoms with E-state index in [2.05, 4.69) is 25.7 Å². The molecule has 15 heavy (non-hydrogen) atoms. The Hall–Kier alpha value is -0.990. The number of nitrogens with one attached hydrogen (secondary N) is 1. The number of rotatable bonds is 7. The summed E-state index contributed by atoms with van der Waals surface area (Å²) in [6, 6.07) is -0.503. The molecule has 1 unspecified atom stereocenters. The highest BCUT2D eigenvalue weighted by molar-refractivity contribution is 5.73. The van der Waals surface area contributed by atoms with Crippen LogP contribution in [0.2, 0.25) is 0 Å².